The summed E-state index contributed by atoms with van der Waals surface area (Å²) in [6.07, 6.45) is 3.86. The molecule has 1 aromatic heterocycles. The van der Waals surface area contributed by atoms with Crippen molar-refractivity contribution in [3.05, 3.63) is 30.0 Å². The summed E-state index contributed by atoms with van der Waals surface area (Å²) in [5.41, 5.74) is 2.22. The highest BCUT2D eigenvalue weighted by atomic mass is 16.6. The van der Waals surface area contributed by atoms with Crippen molar-refractivity contribution in [2.75, 3.05) is 26.3 Å². The average Bonchev–Trinajstić information content (AvgIpc) is 3.10. The van der Waals surface area contributed by atoms with Crippen molar-refractivity contribution >= 4 is 5.91 Å². The minimum Gasteiger partial charge on any atom is -0.486 e. The van der Waals surface area contributed by atoms with Gasteiger partial charge in [-0.05, 0) is 37.0 Å². The van der Waals surface area contributed by atoms with Crippen LogP contribution in [0.15, 0.2) is 24.4 Å². The molecule has 1 atom stereocenters. The molecule has 24 heavy (non-hydrogen) atoms. The minimum atomic E-state index is 0.0418. The lowest BCUT2D eigenvalue weighted by atomic mass is 9.99. The van der Waals surface area contributed by atoms with Gasteiger partial charge in [-0.2, -0.15) is 5.10 Å². The first-order valence-electron chi connectivity index (χ1n) is 8.45. The van der Waals surface area contributed by atoms with Crippen LogP contribution in [0.4, 0.5) is 0 Å². The molecule has 1 fully saturated rings. The van der Waals surface area contributed by atoms with Crippen LogP contribution in [0, 0.1) is 5.92 Å². The summed E-state index contributed by atoms with van der Waals surface area (Å²) in [6.45, 7) is 4.92. The predicted molar refractivity (Wildman–Crippen MR) is 89.3 cm³/mol. The van der Waals surface area contributed by atoms with Crippen molar-refractivity contribution < 1.29 is 14.3 Å². The Bertz CT molecular complexity index is 756. The quantitative estimate of drug-likeness (QED) is 0.921. The molecule has 126 valence electrons. The van der Waals surface area contributed by atoms with Gasteiger partial charge in [0, 0.05) is 18.7 Å². The summed E-state index contributed by atoms with van der Waals surface area (Å²) in [6, 6.07) is 5.70. The summed E-state index contributed by atoms with van der Waals surface area (Å²) in [7, 11) is 0. The van der Waals surface area contributed by atoms with Crippen molar-refractivity contribution in [2.24, 2.45) is 5.92 Å². The number of carbonyl (C=O) groups excluding carboxylic acids is 1. The van der Waals surface area contributed by atoms with Gasteiger partial charge in [-0.15, -0.1) is 0 Å². The van der Waals surface area contributed by atoms with Crippen LogP contribution in [0.5, 0.6) is 11.5 Å². The molecule has 0 unspecified atom stereocenters. The number of fused-ring (bicyclic) bond motifs is 1. The topological polar surface area (TPSA) is 67.5 Å². The molecule has 1 aromatic carbocycles. The number of carbonyl (C=O) groups is 1. The summed E-state index contributed by atoms with van der Waals surface area (Å²) in [5.74, 6) is 2.04. The number of hydrogen-bond donors (Lipinski definition) is 1. The molecule has 4 rings (SSSR count). The highest BCUT2D eigenvalue weighted by Gasteiger charge is 2.26. The lowest BCUT2D eigenvalue weighted by molar-refractivity contribution is 0.0684. The first kappa shape index (κ1) is 15.1. The lowest BCUT2D eigenvalue weighted by Crippen LogP contribution is -2.39. The standard InChI is InChI=1S/C18H21N3O3/c1-12-3-2-6-21(11-12)18(22)14-10-19-20-17(14)13-4-5-15-16(9-13)24-8-7-23-15/h4-5,9-10,12H,2-3,6-8,11H2,1H3,(H,19,20)/t12-/m0/s1. The second-order valence-electron chi connectivity index (χ2n) is 6.52. The Balaban J connectivity index is 1.64. The molecule has 0 spiro atoms. The van der Waals surface area contributed by atoms with Crippen LogP contribution in [0.1, 0.15) is 30.1 Å². The van der Waals surface area contributed by atoms with Gasteiger partial charge in [0.15, 0.2) is 11.5 Å². The maximum absolute atomic E-state index is 12.9. The van der Waals surface area contributed by atoms with Crippen molar-refractivity contribution in [2.45, 2.75) is 19.8 Å². The third-order valence-corrected chi connectivity index (χ3v) is 4.64. The molecule has 0 aliphatic carbocycles. The number of hydrogen-bond acceptors (Lipinski definition) is 4. The number of nitrogens with one attached hydrogen (secondary N) is 1. The van der Waals surface area contributed by atoms with Crippen molar-refractivity contribution in [3.63, 3.8) is 0 Å². The monoisotopic (exact) mass is 327 g/mol. The number of aromatic nitrogens is 2. The number of likely N-dealkylation sites (tertiary alicyclic amines) is 1. The van der Waals surface area contributed by atoms with Crippen LogP contribution in [0.25, 0.3) is 11.3 Å². The van der Waals surface area contributed by atoms with E-state index in [9.17, 15) is 4.79 Å². The largest absolute Gasteiger partial charge is 0.486 e. The Hall–Kier alpha value is -2.50. The predicted octanol–water partition coefficient (Wildman–Crippen LogP) is 2.72. The molecule has 6 heteroatoms. The SMILES string of the molecule is C[C@H]1CCCN(C(=O)c2cn[nH]c2-c2ccc3c(c2)OCCO3)C1. The molecular formula is C18H21N3O3. The normalized spacial score (nSPS) is 20.0. The molecule has 0 bridgehead atoms. The van der Waals surface area contributed by atoms with Crippen LogP contribution in [-0.2, 0) is 0 Å². The van der Waals surface area contributed by atoms with E-state index in [0.717, 1.165) is 36.5 Å². The molecular weight excluding hydrogens is 306 g/mol. The first-order chi connectivity index (χ1) is 11.7. The fourth-order valence-electron chi connectivity index (χ4n) is 3.41. The molecule has 1 amide bonds. The van der Waals surface area contributed by atoms with Gasteiger partial charge >= 0.3 is 0 Å². The van der Waals surface area contributed by atoms with Gasteiger partial charge in [0.25, 0.3) is 5.91 Å². The van der Waals surface area contributed by atoms with Gasteiger partial charge in [-0.3, -0.25) is 9.89 Å². The average molecular weight is 327 g/mol. The molecule has 1 saturated heterocycles. The molecule has 2 aromatic rings. The van der Waals surface area contributed by atoms with Crippen LogP contribution in [-0.4, -0.2) is 47.3 Å². The van der Waals surface area contributed by atoms with Crippen molar-refractivity contribution in [1.82, 2.24) is 15.1 Å². The van der Waals surface area contributed by atoms with Gasteiger partial charge in [0.05, 0.1) is 17.5 Å². The number of amides is 1. The van der Waals surface area contributed by atoms with Crippen LogP contribution >= 0.6 is 0 Å². The number of aromatic amines is 1. The van der Waals surface area contributed by atoms with Crippen LogP contribution in [0.3, 0.4) is 0 Å². The van der Waals surface area contributed by atoms with Gasteiger partial charge in [-0.1, -0.05) is 6.92 Å². The van der Waals surface area contributed by atoms with E-state index in [1.165, 1.54) is 6.42 Å². The number of H-pyrrole nitrogens is 1. The highest BCUT2D eigenvalue weighted by molar-refractivity contribution is 6.00. The molecule has 0 saturated carbocycles. The van der Waals surface area contributed by atoms with Gasteiger partial charge in [0.1, 0.15) is 13.2 Å². The smallest absolute Gasteiger partial charge is 0.257 e. The summed E-state index contributed by atoms with van der Waals surface area (Å²) in [4.78, 5) is 14.8. The van der Waals surface area contributed by atoms with E-state index in [2.05, 4.69) is 17.1 Å². The van der Waals surface area contributed by atoms with E-state index in [-0.39, 0.29) is 5.91 Å². The summed E-state index contributed by atoms with van der Waals surface area (Å²) in [5, 5.41) is 7.07. The number of rotatable bonds is 2. The second kappa shape index (κ2) is 6.19. The number of piperidine rings is 1. The van der Waals surface area contributed by atoms with E-state index in [1.807, 2.05) is 23.1 Å². The molecule has 6 nitrogen and oxygen atoms in total. The van der Waals surface area contributed by atoms with E-state index in [4.69, 9.17) is 9.47 Å². The minimum absolute atomic E-state index is 0.0418. The summed E-state index contributed by atoms with van der Waals surface area (Å²) < 4.78 is 11.2. The molecule has 2 aliphatic rings. The Labute approximate surface area is 140 Å². The second-order valence-corrected chi connectivity index (χ2v) is 6.52. The Morgan fingerprint density at radius 1 is 1.29 bits per heavy atom. The third kappa shape index (κ3) is 2.72. The zero-order chi connectivity index (χ0) is 16.5. The first-order valence-corrected chi connectivity index (χ1v) is 8.45. The van der Waals surface area contributed by atoms with E-state index >= 15 is 0 Å². The maximum Gasteiger partial charge on any atom is 0.257 e. The molecule has 0 radical (unpaired) electrons. The summed E-state index contributed by atoms with van der Waals surface area (Å²) >= 11 is 0. The van der Waals surface area contributed by atoms with Gasteiger partial charge < -0.3 is 14.4 Å². The Morgan fingerprint density at radius 2 is 2.12 bits per heavy atom. The number of nitrogens with zero attached hydrogens (tertiary/aromatic N) is 2. The maximum atomic E-state index is 12.9. The molecule has 3 heterocycles. The zero-order valence-corrected chi connectivity index (χ0v) is 13.7. The number of benzene rings is 1. The van der Waals surface area contributed by atoms with Crippen LogP contribution < -0.4 is 9.47 Å². The highest BCUT2D eigenvalue weighted by Crippen LogP contribution is 2.35. The van der Waals surface area contributed by atoms with Crippen molar-refractivity contribution in [1.29, 1.82) is 0 Å². The molecule has 1 N–H and O–H groups in total. The van der Waals surface area contributed by atoms with E-state index < -0.39 is 0 Å². The Morgan fingerprint density at radius 3 is 2.96 bits per heavy atom. The van der Waals surface area contributed by atoms with Crippen molar-refractivity contribution in [3.8, 4) is 22.8 Å². The van der Waals surface area contributed by atoms with Gasteiger partial charge in [-0.25, -0.2) is 0 Å². The van der Waals surface area contributed by atoms with E-state index in [1.54, 1.807) is 6.20 Å². The zero-order valence-electron chi connectivity index (χ0n) is 13.7. The number of ether oxygens (including phenoxy) is 2. The Kier molecular flexibility index (Phi) is 3.88. The van der Waals surface area contributed by atoms with Crippen LogP contribution in [0.2, 0.25) is 0 Å². The van der Waals surface area contributed by atoms with Gasteiger partial charge in [0.2, 0.25) is 0 Å². The van der Waals surface area contributed by atoms with E-state index in [0.29, 0.717) is 30.4 Å². The fourth-order valence-corrected chi connectivity index (χ4v) is 3.41. The molecule has 2 aliphatic heterocycles. The third-order valence-electron chi connectivity index (χ3n) is 4.64. The fraction of sp³-hybridized carbons (Fsp3) is 0.444. The lowest BCUT2D eigenvalue weighted by Gasteiger charge is -2.30.